The summed E-state index contributed by atoms with van der Waals surface area (Å²) in [6.07, 6.45) is 4.17. The molecule has 1 aromatic carbocycles. The van der Waals surface area contributed by atoms with E-state index in [0.717, 1.165) is 54.5 Å². The largest absolute Gasteiger partial charge is 0.493 e. The molecule has 1 unspecified atom stereocenters. The highest BCUT2D eigenvalue weighted by Gasteiger charge is 2.23. The molecule has 2 aliphatic rings. The lowest BCUT2D eigenvalue weighted by Crippen LogP contribution is -2.16. The average Bonchev–Trinajstić information content (AvgIpc) is 3.18. The predicted molar refractivity (Wildman–Crippen MR) is 85.2 cm³/mol. The number of pyridine rings is 1. The highest BCUT2D eigenvalue weighted by Crippen LogP contribution is 2.40. The van der Waals surface area contributed by atoms with Gasteiger partial charge in [-0.05, 0) is 42.3 Å². The molecule has 1 atom stereocenters. The molecule has 22 heavy (non-hydrogen) atoms. The summed E-state index contributed by atoms with van der Waals surface area (Å²) in [5.74, 6) is 1.46. The Kier molecular flexibility index (Phi) is 3.59. The van der Waals surface area contributed by atoms with E-state index >= 15 is 0 Å². The van der Waals surface area contributed by atoms with Crippen molar-refractivity contribution in [3.8, 4) is 11.5 Å². The van der Waals surface area contributed by atoms with Gasteiger partial charge in [0.2, 0.25) is 0 Å². The number of nitrogens with zero attached hydrogens (tertiary/aromatic N) is 1. The first-order valence-electron chi connectivity index (χ1n) is 7.69. The van der Waals surface area contributed by atoms with Gasteiger partial charge in [0.1, 0.15) is 11.3 Å². The summed E-state index contributed by atoms with van der Waals surface area (Å²) in [6.45, 7) is 1.37. The van der Waals surface area contributed by atoms with Gasteiger partial charge in [0.15, 0.2) is 11.5 Å². The summed E-state index contributed by atoms with van der Waals surface area (Å²) in [5, 5.41) is 2.63. The lowest BCUT2D eigenvalue weighted by Gasteiger charge is -2.17. The fourth-order valence-electron chi connectivity index (χ4n) is 3.34. The number of methoxy groups -OCH3 is 1. The van der Waals surface area contributed by atoms with Gasteiger partial charge in [-0.2, -0.15) is 0 Å². The third-order valence-corrected chi connectivity index (χ3v) is 4.74. The van der Waals surface area contributed by atoms with Crippen molar-refractivity contribution in [2.24, 2.45) is 0 Å². The Labute approximate surface area is 134 Å². The molecule has 4 rings (SSSR count). The van der Waals surface area contributed by atoms with Crippen LogP contribution in [0.4, 0.5) is 0 Å². The van der Waals surface area contributed by atoms with Gasteiger partial charge < -0.3 is 14.2 Å². The van der Waals surface area contributed by atoms with E-state index in [0.29, 0.717) is 17.5 Å². The SMILES string of the molecule is COc1cc2c3c(nc(Cl)c2cc1OC1CCOC1)CCC3. The van der Waals surface area contributed by atoms with E-state index in [2.05, 4.69) is 4.98 Å². The number of fused-ring (bicyclic) bond motifs is 3. The molecule has 0 radical (unpaired) electrons. The molecular formula is C17H18ClNO3. The van der Waals surface area contributed by atoms with Crippen molar-refractivity contribution in [2.45, 2.75) is 31.8 Å². The van der Waals surface area contributed by atoms with Crippen LogP contribution in [0.1, 0.15) is 24.1 Å². The highest BCUT2D eigenvalue weighted by atomic mass is 35.5. The van der Waals surface area contributed by atoms with Crippen molar-refractivity contribution in [2.75, 3.05) is 20.3 Å². The molecule has 1 aromatic heterocycles. The quantitative estimate of drug-likeness (QED) is 0.811. The van der Waals surface area contributed by atoms with Crippen LogP contribution in [0.15, 0.2) is 12.1 Å². The van der Waals surface area contributed by atoms with Gasteiger partial charge in [-0.15, -0.1) is 0 Å². The van der Waals surface area contributed by atoms with Crippen molar-refractivity contribution < 1.29 is 14.2 Å². The Morgan fingerprint density at radius 2 is 2.09 bits per heavy atom. The Balaban J connectivity index is 1.84. The van der Waals surface area contributed by atoms with Crippen molar-refractivity contribution >= 4 is 22.4 Å². The average molecular weight is 320 g/mol. The van der Waals surface area contributed by atoms with Crippen LogP contribution in [0.3, 0.4) is 0 Å². The predicted octanol–water partition coefficient (Wildman–Crippen LogP) is 3.55. The second-order valence-electron chi connectivity index (χ2n) is 5.83. The lowest BCUT2D eigenvalue weighted by molar-refractivity contribution is 0.139. The number of hydrogen-bond acceptors (Lipinski definition) is 4. The molecule has 0 bridgehead atoms. The first-order chi connectivity index (χ1) is 10.8. The minimum Gasteiger partial charge on any atom is -0.493 e. The maximum Gasteiger partial charge on any atom is 0.162 e. The van der Waals surface area contributed by atoms with Gasteiger partial charge in [0.25, 0.3) is 0 Å². The number of halogens is 1. The van der Waals surface area contributed by atoms with Gasteiger partial charge in [-0.3, -0.25) is 0 Å². The van der Waals surface area contributed by atoms with Gasteiger partial charge in [-0.25, -0.2) is 4.98 Å². The zero-order valence-corrected chi connectivity index (χ0v) is 13.3. The van der Waals surface area contributed by atoms with Gasteiger partial charge in [-0.1, -0.05) is 11.6 Å². The minimum atomic E-state index is 0.0764. The van der Waals surface area contributed by atoms with Crippen LogP contribution in [0.2, 0.25) is 5.15 Å². The third-order valence-electron chi connectivity index (χ3n) is 4.45. The van der Waals surface area contributed by atoms with E-state index in [-0.39, 0.29) is 6.10 Å². The Morgan fingerprint density at radius 3 is 2.86 bits per heavy atom. The third kappa shape index (κ3) is 2.31. The zero-order chi connectivity index (χ0) is 15.1. The molecule has 0 amide bonds. The highest BCUT2D eigenvalue weighted by molar-refractivity contribution is 6.34. The van der Waals surface area contributed by atoms with Crippen molar-refractivity contribution in [1.29, 1.82) is 0 Å². The molecule has 1 aliphatic carbocycles. The number of benzene rings is 1. The van der Waals surface area contributed by atoms with Crippen LogP contribution < -0.4 is 9.47 Å². The van der Waals surface area contributed by atoms with E-state index in [4.69, 9.17) is 25.8 Å². The second kappa shape index (κ2) is 5.60. The Bertz CT molecular complexity index is 726. The van der Waals surface area contributed by atoms with E-state index in [1.165, 1.54) is 5.56 Å². The summed E-state index contributed by atoms with van der Waals surface area (Å²) < 4.78 is 16.9. The number of rotatable bonds is 3. The van der Waals surface area contributed by atoms with E-state index < -0.39 is 0 Å². The maximum atomic E-state index is 6.39. The molecule has 2 heterocycles. The first-order valence-corrected chi connectivity index (χ1v) is 8.07. The normalized spacial score (nSPS) is 20.4. The van der Waals surface area contributed by atoms with Crippen molar-refractivity contribution in [3.05, 3.63) is 28.5 Å². The van der Waals surface area contributed by atoms with Crippen LogP contribution in [0.5, 0.6) is 11.5 Å². The fourth-order valence-corrected chi connectivity index (χ4v) is 3.60. The fraction of sp³-hybridized carbons (Fsp3) is 0.471. The molecule has 116 valence electrons. The molecular weight excluding hydrogens is 302 g/mol. The van der Waals surface area contributed by atoms with Crippen LogP contribution in [-0.4, -0.2) is 31.4 Å². The Morgan fingerprint density at radius 1 is 1.23 bits per heavy atom. The van der Waals surface area contributed by atoms with Gasteiger partial charge in [0, 0.05) is 17.5 Å². The smallest absolute Gasteiger partial charge is 0.162 e. The number of aromatic nitrogens is 1. The molecule has 2 aromatic rings. The standard InChI is InChI=1S/C17H18ClNO3/c1-20-15-7-12-11-3-2-4-14(11)19-17(18)13(12)8-16(15)22-10-5-6-21-9-10/h7-8,10H,2-6,9H2,1H3. The summed E-state index contributed by atoms with van der Waals surface area (Å²) in [5.41, 5.74) is 2.42. The van der Waals surface area contributed by atoms with Crippen LogP contribution in [0, 0.1) is 0 Å². The molecule has 4 nitrogen and oxygen atoms in total. The molecule has 0 spiro atoms. The van der Waals surface area contributed by atoms with Crippen molar-refractivity contribution in [3.63, 3.8) is 0 Å². The van der Waals surface area contributed by atoms with E-state index in [1.54, 1.807) is 7.11 Å². The first kappa shape index (κ1) is 14.1. The van der Waals surface area contributed by atoms with Crippen LogP contribution in [-0.2, 0) is 17.6 Å². The van der Waals surface area contributed by atoms with Crippen LogP contribution in [0.25, 0.3) is 10.8 Å². The summed E-state index contributed by atoms with van der Waals surface area (Å²) in [7, 11) is 1.67. The maximum absolute atomic E-state index is 6.39. The summed E-state index contributed by atoms with van der Waals surface area (Å²) in [6, 6.07) is 4.00. The van der Waals surface area contributed by atoms with Crippen molar-refractivity contribution in [1.82, 2.24) is 4.98 Å². The van der Waals surface area contributed by atoms with Gasteiger partial charge >= 0.3 is 0 Å². The monoisotopic (exact) mass is 319 g/mol. The lowest BCUT2D eigenvalue weighted by atomic mass is 10.0. The summed E-state index contributed by atoms with van der Waals surface area (Å²) >= 11 is 6.39. The molecule has 1 saturated heterocycles. The van der Waals surface area contributed by atoms with E-state index in [1.807, 2.05) is 12.1 Å². The second-order valence-corrected chi connectivity index (χ2v) is 6.19. The van der Waals surface area contributed by atoms with Crippen LogP contribution >= 0.6 is 11.6 Å². The number of aryl methyl sites for hydroxylation is 2. The molecule has 0 N–H and O–H groups in total. The molecule has 0 saturated carbocycles. The minimum absolute atomic E-state index is 0.0764. The number of hydrogen-bond donors (Lipinski definition) is 0. The molecule has 1 fully saturated rings. The molecule has 5 heteroatoms. The van der Waals surface area contributed by atoms with E-state index in [9.17, 15) is 0 Å². The summed E-state index contributed by atoms with van der Waals surface area (Å²) in [4.78, 5) is 4.55. The Hall–Kier alpha value is -1.52. The topological polar surface area (TPSA) is 40.6 Å². The zero-order valence-electron chi connectivity index (χ0n) is 12.5. The van der Waals surface area contributed by atoms with Gasteiger partial charge in [0.05, 0.1) is 20.3 Å². The molecule has 1 aliphatic heterocycles. The number of ether oxygens (including phenoxy) is 3.